The van der Waals surface area contributed by atoms with Crippen molar-refractivity contribution in [1.82, 2.24) is 9.97 Å². The van der Waals surface area contributed by atoms with E-state index in [4.69, 9.17) is 4.42 Å². The van der Waals surface area contributed by atoms with E-state index in [-0.39, 0.29) is 0 Å². The van der Waals surface area contributed by atoms with Crippen LogP contribution in [-0.4, -0.2) is 15.1 Å². The molecule has 0 radical (unpaired) electrons. The van der Waals surface area contributed by atoms with Crippen LogP contribution < -0.4 is 0 Å². The topological polar surface area (TPSA) is 59.2 Å². The van der Waals surface area contributed by atoms with Crippen LogP contribution in [0.1, 0.15) is 24.3 Å². The maximum Gasteiger partial charge on any atom is 0.262 e. The summed E-state index contributed by atoms with van der Waals surface area (Å²) in [5.41, 5.74) is 1.68. The van der Waals surface area contributed by atoms with Crippen molar-refractivity contribution in [3.8, 4) is 0 Å². The van der Waals surface area contributed by atoms with Gasteiger partial charge in [0.2, 0.25) is 0 Å². The van der Waals surface area contributed by atoms with Gasteiger partial charge in [-0.3, -0.25) is 0 Å². The number of rotatable bonds is 3. The first-order valence-electron chi connectivity index (χ1n) is 4.89. The van der Waals surface area contributed by atoms with E-state index in [2.05, 4.69) is 9.97 Å². The molecule has 2 aromatic heterocycles. The summed E-state index contributed by atoms with van der Waals surface area (Å²) >= 11 is 1.34. The van der Waals surface area contributed by atoms with E-state index < -0.39 is 6.10 Å². The van der Waals surface area contributed by atoms with Crippen molar-refractivity contribution in [2.45, 2.75) is 30.2 Å². The van der Waals surface area contributed by atoms with Gasteiger partial charge in [0, 0.05) is 6.20 Å². The summed E-state index contributed by atoms with van der Waals surface area (Å²) in [6.07, 6.45) is 2.77. The zero-order valence-corrected chi connectivity index (χ0v) is 9.86. The van der Waals surface area contributed by atoms with E-state index in [9.17, 15) is 5.11 Å². The number of hydrogen-bond donors (Lipinski definition) is 1. The summed E-state index contributed by atoms with van der Waals surface area (Å²) in [6, 6.07) is 3.62. The molecule has 0 saturated carbocycles. The molecule has 0 aliphatic carbocycles. The largest absolute Gasteiger partial charge is 0.439 e. The second-order valence-corrected chi connectivity index (χ2v) is 4.43. The highest BCUT2D eigenvalue weighted by Gasteiger charge is 2.07. The first-order valence-corrected chi connectivity index (χ1v) is 5.71. The quantitative estimate of drug-likeness (QED) is 0.887. The van der Waals surface area contributed by atoms with Crippen LogP contribution >= 0.6 is 11.8 Å². The molecule has 4 nitrogen and oxygen atoms in total. The van der Waals surface area contributed by atoms with Crippen LogP contribution in [0.25, 0.3) is 0 Å². The predicted molar refractivity (Wildman–Crippen MR) is 60.2 cm³/mol. The highest BCUT2D eigenvalue weighted by molar-refractivity contribution is 7.99. The molecule has 5 heteroatoms. The Morgan fingerprint density at radius 3 is 2.94 bits per heavy atom. The molecule has 0 amide bonds. The average molecular weight is 236 g/mol. The fourth-order valence-corrected chi connectivity index (χ4v) is 1.98. The Bertz CT molecular complexity index is 482. The van der Waals surface area contributed by atoms with E-state index in [0.717, 1.165) is 16.3 Å². The summed E-state index contributed by atoms with van der Waals surface area (Å²) in [5, 5.41) is 10.8. The van der Waals surface area contributed by atoms with Crippen molar-refractivity contribution in [3.05, 3.63) is 35.9 Å². The molecule has 2 aromatic rings. The normalized spacial score (nSPS) is 12.7. The lowest BCUT2D eigenvalue weighted by Gasteiger charge is -2.04. The Morgan fingerprint density at radius 2 is 2.31 bits per heavy atom. The SMILES string of the molecule is Cc1coc(Sc2cc([C@H](C)O)ccn2)n1. The van der Waals surface area contributed by atoms with Crippen LogP contribution in [0.15, 0.2) is 39.3 Å². The second kappa shape index (κ2) is 4.67. The molecule has 2 rings (SSSR count). The van der Waals surface area contributed by atoms with Crippen LogP contribution in [0.5, 0.6) is 0 Å². The van der Waals surface area contributed by atoms with Crippen LogP contribution in [-0.2, 0) is 0 Å². The first kappa shape index (κ1) is 11.2. The van der Waals surface area contributed by atoms with E-state index in [1.165, 1.54) is 11.8 Å². The molecule has 2 heterocycles. The maximum absolute atomic E-state index is 9.44. The van der Waals surface area contributed by atoms with Gasteiger partial charge in [-0.25, -0.2) is 9.97 Å². The van der Waals surface area contributed by atoms with Crippen molar-refractivity contribution in [2.24, 2.45) is 0 Å². The van der Waals surface area contributed by atoms with Gasteiger partial charge >= 0.3 is 0 Å². The number of aromatic nitrogens is 2. The van der Waals surface area contributed by atoms with Crippen molar-refractivity contribution < 1.29 is 9.52 Å². The van der Waals surface area contributed by atoms with Gasteiger partial charge in [-0.05, 0) is 43.3 Å². The smallest absolute Gasteiger partial charge is 0.262 e. The van der Waals surface area contributed by atoms with Crippen LogP contribution in [0, 0.1) is 6.92 Å². The molecule has 0 aromatic carbocycles. The van der Waals surface area contributed by atoms with Crippen molar-refractivity contribution in [3.63, 3.8) is 0 Å². The molecular formula is C11H12N2O2S. The number of nitrogens with zero attached hydrogens (tertiary/aromatic N) is 2. The van der Waals surface area contributed by atoms with Crippen LogP contribution in [0.3, 0.4) is 0 Å². The lowest BCUT2D eigenvalue weighted by atomic mass is 10.2. The van der Waals surface area contributed by atoms with Crippen LogP contribution in [0.4, 0.5) is 0 Å². The third kappa shape index (κ3) is 2.62. The third-order valence-electron chi connectivity index (χ3n) is 2.03. The van der Waals surface area contributed by atoms with E-state index in [1.54, 1.807) is 25.5 Å². The minimum atomic E-state index is -0.492. The molecular weight excluding hydrogens is 224 g/mol. The van der Waals surface area contributed by atoms with Crippen molar-refractivity contribution >= 4 is 11.8 Å². The van der Waals surface area contributed by atoms with E-state index in [1.807, 2.05) is 13.0 Å². The van der Waals surface area contributed by atoms with Crippen molar-refractivity contribution in [1.29, 1.82) is 0 Å². The number of aliphatic hydroxyl groups is 1. The standard InChI is InChI=1S/C11H12N2O2S/c1-7-6-15-11(13-7)16-10-5-9(8(2)14)3-4-12-10/h3-6,8,14H,1-2H3/t8-/m0/s1. The Hall–Kier alpha value is -1.33. The summed E-state index contributed by atoms with van der Waals surface area (Å²) in [4.78, 5) is 8.35. The van der Waals surface area contributed by atoms with E-state index in [0.29, 0.717) is 5.22 Å². The van der Waals surface area contributed by atoms with Gasteiger partial charge in [-0.15, -0.1) is 0 Å². The lowest BCUT2D eigenvalue weighted by Crippen LogP contribution is -1.92. The van der Waals surface area contributed by atoms with Gasteiger partial charge in [0.25, 0.3) is 5.22 Å². The zero-order valence-electron chi connectivity index (χ0n) is 9.04. The highest BCUT2D eigenvalue weighted by atomic mass is 32.2. The van der Waals surface area contributed by atoms with Gasteiger partial charge in [-0.2, -0.15) is 0 Å². The Balaban J connectivity index is 2.18. The zero-order chi connectivity index (χ0) is 11.5. The summed E-state index contributed by atoms with van der Waals surface area (Å²) in [7, 11) is 0. The molecule has 0 saturated heterocycles. The number of pyridine rings is 1. The fraction of sp³-hybridized carbons (Fsp3) is 0.273. The monoisotopic (exact) mass is 236 g/mol. The molecule has 0 fully saturated rings. The molecule has 16 heavy (non-hydrogen) atoms. The van der Waals surface area contributed by atoms with Gasteiger partial charge < -0.3 is 9.52 Å². The Morgan fingerprint density at radius 1 is 1.50 bits per heavy atom. The minimum Gasteiger partial charge on any atom is -0.439 e. The molecule has 0 aliphatic heterocycles. The molecule has 1 N–H and O–H groups in total. The van der Waals surface area contributed by atoms with Gasteiger partial charge in [0.05, 0.1) is 11.8 Å². The second-order valence-electron chi connectivity index (χ2n) is 3.46. The number of oxazole rings is 1. The van der Waals surface area contributed by atoms with Gasteiger partial charge in [-0.1, -0.05) is 0 Å². The molecule has 84 valence electrons. The first-order chi connectivity index (χ1) is 7.65. The Kier molecular flexibility index (Phi) is 3.26. The maximum atomic E-state index is 9.44. The van der Waals surface area contributed by atoms with E-state index >= 15 is 0 Å². The predicted octanol–water partition coefficient (Wildman–Crippen LogP) is 2.58. The van der Waals surface area contributed by atoms with Gasteiger partial charge in [0.15, 0.2) is 0 Å². The van der Waals surface area contributed by atoms with Gasteiger partial charge in [0.1, 0.15) is 11.3 Å². The molecule has 0 spiro atoms. The molecule has 1 atom stereocenters. The molecule has 0 aliphatic rings. The lowest BCUT2D eigenvalue weighted by molar-refractivity contribution is 0.199. The molecule has 0 unspecified atom stereocenters. The fourth-order valence-electron chi connectivity index (χ4n) is 1.21. The van der Waals surface area contributed by atoms with Crippen LogP contribution in [0.2, 0.25) is 0 Å². The summed E-state index contributed by atoms with van der Waals surface area (Å²) in [5.74, 6) is 0. The minimum absolute atomic E-state index is 0.492. The molecule has 0 bridgehead atoms. The third-order valence-corrected chi connectivity index (χ3v) is 2.83. The number of hydrogen-bond acceptors (Lipinski definition) is 5. The average Bonchev–Trinajstić information content (AvgIpc) is 2.64. The Labute approximate surface area is 97.7 Å². The summed E-state index contributed by atoms with van der Waals surface area (Å²) < 4.78 is 5.22. The number of aliphatic hydroxyl groups excluding tert-OH is 1. The van der Waals surface area contributed by atoms with Crippen molar-refractivity contribution in [2.75, 3.05) is 0 Å². The summed E-state index contributed by atoms with van der Waals surface area (Å²) in [6.45, 7) is 3.59. The number of aryl methyl sites for hydroxylation is 1. The highest BCUT2D eigenvalue weighted by Crippen LogP contribution is 2.26.